The van der Waals surface area contributed by atoms with E-state index in [4.69, 9.17) is 11.6 Å². The largest absolute Gasteiger partial charge is 0.416 e. The van der Waals surface area contributed by atoms with Gasteiger partial charge in [0.25, 0.3) is 0 Å². The van der Waals surface area contributed by atoms with Crippen molar-refractivity contribution in [3.05, 3.63) is 29.3 Å². The number of rotatable bonds is 1. The minimum absolute atomic E-state index is 0.144. The van der Waals surface area contributed by atoms with Crippen LogP contribution in [-0.2, 0) is 6.18 Å². The molecule has 0 fully saturated rings. The fourth-order valence-corrected chi connectivity index (χ4v) is 2.23. The van der Waals surface area contributed by atoms with Gasteiger partial charge in [-0.1, -0.05) is 0 Å². The maximum Gasteiger partial charge on any atom is 0.416 e. The SMILES string of the molecule is CC(C)=NN1C(Cl)=Nc2ccc(C(F)(F)F)cc2C1C. The lowest BCUT2D eigenvalue weighted by molar-refractivity contribution is -0.137. The molecule has 1 heterocycles. The first-order chi connectivity index (χ1) is 9.20. The molecule has 0 spiro atoms. The lowest BCUT2D eigenvalue weighted by Crippen LogP contribution is -2.29. The van der Waals surface area contributed by atoms with E-state index in [0.717, 1.165) is 17.8 Å². The summed E-state index contributed by atoms with van der Waals surface area (Å²) in [5, 5.41) is 5.76. The van der Waals surface area contributed by atoms with Gasteiger partial charge in [0.1, 0.15) is 0 Å². The second-order valence-electron chi connectivity index (χ2n) is 4.72. The second-order valence-corrected chi connectivity index (χ2v) is 5.06. The molecule has 1 aromatic carbocycles. The number of alkyl halides is 3. The predicted molar refractivity (Wildman–Crippen MR) is 73.4 cm³/mol. The second kappa shape index (κ2) is 5.09. The van der Waals surface area contributed by atoms with E-state index < -0.39 is 17.8 Å². The molecule has 0 aromatic heterocycles. The van der Waals surface area contributed by atoms with E-state index in [2.05, 4.69) is 10.1 Å². The van der Waals surface area contributed by atoms with Crippen LogP contribution in [0.5, 0.6) is 0 Å². The summed E-state index contributed by atoms with van der Waals surface area (Å²) in [7, 11) is 0. The first kappa shape index (κ1) is 14.8. The number of benzene rings is 1. The van der Waals surface area contributed by atoms with Gasteiger partial charge < -0.3 is 0 Å². The van der Waals surface area contributed by atoms with Crippen molar-refractivity contribution in [1.29, 1.82) is 0 Å². The molecule has 3 nitrogen and oxygen atoms in total. The summed E-state index contributed by atoms with van der Waals surface area (Å²) >= 11 is 6.03. The van der Waals surface area contributed by atoms with Gasteiger partial charge in [-0.2, -0.15) is 18.3 Å². The predicted octanol–water partition coefficient (Wildman–Crippen LogP) is 4.70. The Bertz CT molecular complexity index is 589. The molecular weight excluding hydrogens is 291 g/mol. The Balaban J connectivity index is 2.52. The van der Waals surface area contributed by atoms with E-state index in [1.165, 1.54) is 11.1 Å². The summed E-state index contributed by atoms with van der Waals surface area (Å²) < 4.78 is 38.3. The van der Waals surface area contributed by atoms with Crippen molar-refractivity contribution in [3.8, 4) is 0 Å². The minimum atomic E-state index is -4.38. The average Bonchev–Trinajstić information content (AvgIpc) is 2.32. The molecule has 1 unspecified atom stereocenters. The van der Waals surface area contributed by atoms with E-state index in [1.54, 1.807) is 20.8 Å². The van der Waals surface area contributed by atoms with E-state index in [0.29, 0.717) is 11.3 Å². The van der Waals surface area contributed by atoms with Crippen LogP contribution in [0.2, 0.25) is 0 Å². The van der Waals surface area contributed by atoms with Gasteiger partial charge >= 0.3 is 6.18 Å². The van der Waals surface area contributed by atoms with Crippen molar-refractivity contribution in [2.75, 3.05) is 0 Å². The van der Waals surface area contributed by atoms with E-state index in [9.17, 15) is 13.2 Å². The summed E-state index contributed by atoms with van der Waals surface area (Å²) in [5.41, 5.74) is 0.930. The van der Waals surface area contributed by atoms with Crippen LogP contribution < -0.4 is 0 Å². The molecule has 0 aliphatic carbocycles. The maximum atomic E-state index is 12.8. The number of hydrogen-bond acceptors (Lipinski definition) is 3. The Morgan fingerprint density at radius 1 is 1.35 bits per heavy atom. The molecule has 0 N–H and O–H groups in total. The highest BCUT2D eigenvalue weighted by Gasteiger charge is 2.33. The molecule has 1 aliphatic heterocycles. The third-order valence-electron chi connectivity index (χ3n) is 2.88. The molecule has 1 aromatic rings. The molecule has 0 radical (unpaired) electrons. The summed E-state index contributed by atoms with van der Waals surface area (Å²) in [4.78, 5) is 4.09. The van der Waals surface area contributed by atoms with Crippen LogP contribution >= 0.6 is 11.6 Å². The molecule has 1 atom stereocenters. The van der Waals surface area contributed by atoms with Crippen LogP contribution in [0, 0.1) is 0 Å². The number of amidine groups is 1. The number of hydrogen-bond donors (Lipinski definition) is 0. The van der Waals surface area contributed by atoms with Crippen LogP contribution in [0.15, 0.2) is 28.3 Å². The molecular formula is C13H13ClF3N3. The maximum absolute atomic E-state index is 12.8. The first-order valence-electron chi connectivity index (χ1n) is 5.96. The normalized spacial score (nSPS) is 18.4. The molecule has 108 valence electrons. The van der Waals surface area contributed by atoms with Crippen molar-refractivity contribution in [1.82, 2.24) is 5.01 Å². The zero-order chi connectivity index (χ0) is 15.1. The van der Waals surface area contributed by atoms with Crippen molar-refractivity contribution in [2.45, 2.75) is 33.0 Å². The number of hydrazone groups is 1. The van der Waals surface area contributed by atoms with Gasteiger partial charge in [0.15, 0.2) is 0 Å². The highest BCUT2D eigenvalue weighted by Crippen LogP contribution is 2.39. The van der Waals surface area contributed by atoms with Gasteiger partial charge in [-0.05, 0) is 50.6 Å². The molecule has 0 bridgehead atoms. The zero-order valence-corrected chi connectivity index (χ0v) is 11.9. The first-order valence-corrected chi connectivity index (χ1v) is 6.34. The molecule has 0 saturated carbocycles. The van der Waals surface area contributed by atoms with Gasteiger partial charge in [0.05, 0.1) is 17.3 Å². The minimum Gasteiger partial charge on any atom is -0.231 e. The third kappa shape index (κ3) is 2.80. The topological polar surface area (TPSA) is 28.0 Å². The number of aliphatic imine (C=N–C) groups is 1. The highest BCUT2D eigenvalue weighted by atomic mass is 35.5. The summed E-state index contributed by atoms with van der Waals surface area (Å²) in [6.45, 7) is 5.29. The Hall–Kier alpha value is -1.56. The van der Waals surface area contributed by atoms with Gasteiger partial charge in [-0.3, -0.25) is 0 Å². The Morgan fingerprint density at radius 3 is 2.55 bits per heavy atom. The van der Waals surface area contributed by atoms with Gasteiger partial charge in [-0.25, -0.2) is 10.0 Å². The summed E-state index contributed by atoms with van der Waals surface area (Å²) in [6, 6.07) is 3.02. The molecule has 0 amide bonds. The lowest BCUT2D eigenvalue weighted by Gasteiger charge is -2.30. The standard InChI is InChI=1S/C13H13ClF3N3/c1-7(2)19-20-8(3)10-6-9(13(15,16)17)4-5-11(10)18-12(20)14/h4-6,8H,1-3H3. The van der Waals surface area contributed by atoms with E-state index in [1.807, 2.05) is 0 Å². The Labute approximate surface area is 119 Å². The fourth-order valence-electron chi connectivity index (χ4n) is 1.95. The zero-order valence-electron chi connectivity index (χ0n) is 11.2. The van der Waals surface area contributed by atoms with Crippen molar-refractivity contribution in [2.24, 2.45) is 10.1 Å². The van der Waals surface area contributed by atoms with E-state index >= 15 is 0 Å². The third-order valence-corrected chi connectivity index (χ3v) is 3.14. The van der Waals surface area contributed by atoms with Crippen molar-refractivity contribution >= 4 is 28.3 Å². The number of nitrogens with zero attached hydrogens (tertiary/aromatic N) is 3. The average molecular weight is 304 g/mol. The van der Waals surface area contributed by atoms with Crippen molar-refractivity contribution < 1.29 is 13.2 Å². The van der Waals surface area contributed by atoms with E-state index in [-0.39, 0.29) is 5.29 Å². The van der Waals surface area contributed by atoms with Gasteiger partial charge in [-0.15, -0.1) is 0 Å². The Kier molecular flexibility index (Phi) is 3.77. The monoisotopic (exact) mass is 303 g/mol. The molecule has 0 saturated heterocycles. The number of halogens is 4. The molecule has 20 heavy (non-hydrogen) atoms. The van der Waals surface area contributed by atoms with Crippen LogP contribution in [0.1, 0.15) is 37.9 Å². The quantitative estimate of drug-likeness (QED) is 0.545. The van der Waals surface area contributed by atoms with Crippen LogP contribution in [-0.4, -0.2) is 16.0 Å². The van der Waals surface area contributed by atoms with Crippen LogP contribution in [0.25, 0.3) is 0 Å². The van der Waals surface area contributed by atoms with Gasteiger partial charge in [0.2, 0.25) is 5.29 Å². The summed E-state index contributed by atoms with van der Waals surface area (Å²) in [6.07, 6.45) is -4.38. The summed E-state index contributed by atoms with van der Waals surface area (Å²) in [5.74, 6) is 0. The van der Waals surface area contributed by atoms with Crippen LogP contribution in [0.3, 0.4) is 0 Å². The smallest absolute Gasteiger partial charge is 0.231 e. The molecule has 1 aliphatic rings. The van der Waals surface area contributed by atoms with Crippen molar-refractivity contribution in [3.63, 3.8) is 0 Å². The Morgan fingerprint density at radius 2 is 2.00 bits per heavy atom. The van der Waals surface area contributed by atoms with Crippen LogP contribution in [0.4, 0.5) is 18.9 Å². The van der Waals surface area contributed by atoms with Gasteiger partial charge in [0, 0.05) is 11.3 Å². The fraction of sp³-hybridized carbons (Fsp3) is 0.385. The molecule has 2 rings (SSSR count). The lowest BCUT2D eigenvalue weighted by atomic mass is 10.0. The molecule has 7 heteroatoms. The highest BCUT2D eigenvalue weighted by molar-refractivity contribution is 6.65. The number of fused-ring (bicyclic) bond motifs is 1.